The minimum absolute atomic E-state index is 0.236. The Morgan fingerprint density at radius 2 is 1.08 bits per heavy atom. The molecule has 0 atom stereocenters. The minimum atomic E-state index is 0.236. The van der Waals surface area contributed by atoms with Crippen LogP contribution in [0.1, 0.15) is 41.5 Å². The van der Waals surface area contributed by atoms with Gasteiger partial charge < -0.3 is 0 Å². The molecular formula is C8H19NS3. The van der Waals surface area contributed by atoms with E-state index >= 15 is 0 Å². The minimum Gasteiger partial charge on any atom is -0.140 e. The molecule has 0 unspecified atom stereocenters. The van der Waals surface area contributed by atoms with Crippen LogP contribution in [0, 0.1) is 0 Å². The van der Waals surface area contributed by atoms with Crippen molar-refractivity contribution in [2.45, 2.75) is 51.0 Å². The van der Waals surface area contributed by atoms with Gasteiger partial charge in [0.15, 0.2) is 0 Å². The highest BCUT2D eigenvalue weighted by Gasteiger charge is 2.20. The van der Waals surface area contributed by atoms with E-state index in [1.54, 1.807) is 23.9 Å². The fourth-order valence-electron chi connectivity index (χ4n) is 0.487. The van der Waals surface area contributed by atoms with Crippen molar-refractivity contribution in [3.05, 3.63) is 0 Å². The van der Waals surface area contributed by atoms with E-state index in [1.165, 1.54) is 0 Å². The van der Waals surface area contributed by atoms with Crippen molar-refractivity contribution in [2.75, 3.05) is 0 Å². The summed E-state index contributed by atoms with van der Waals surface area (Å²) in [4.78, 5) is 0. The molecule has 0 amide bonds. The summed E-state index contributed by atoms with van der Waals surface area (Å²) in [6.45, 7) is 13.1. The Kier molecular flexibility index (Phi) is 4.87. The standard InChI is InChI=1S/C8H19NS3/c1-7(2,3)11-9(10)12-8(4,5)6/h10H,1-6H3. The normalized spacial score (nSPS) is 14.0. The Morgan fingerprint density at radius 1 is 0.833 bits per heavy atom. The van der Waals surface area contributed by atoms with Gasteiger partial charge in [-0.2, -0.15) is 0 Å². The molecule has 0 aromatic rings. The Hall–Kier alpha value is 1.01. The molecule has 0 spiro atoms. The average Bonchev–Trinajstić information content (AvgIpc) is 1.49. The predicted octanol–water partition coefficient (Wildman–Crippen LogP) is 4.03. The molecule has 0 radical (unpaired) electrons. The van der Waals surface area contributed by atoms with Gasteiger partial charge in [-0.05, 0) is 41.5 Å². The maximum Gasteiger partial charge on any atom is 0.0240 e. The van der Waals surface area contributed by atoms with Crippen molar-refractivity contribution in [1.82, 2.24) is 3.12 Å². The maximum atomic E-state index is 4.38. The number of thiol groups is 1. The summed E-state index contributed by atoms with van der Waals surface area (Å²) in [6.07, 6.45) is 0. The predicted molar refractivity (Wildman–Crippen MR) is 65.5 cm³/mol. The summed E-state index contributed by atoms with van der Waals surface area (Å²) >= 11 is 7.86. The summed E-state index contributed by atoms with van der Waals surface area (Å²) in [5.74, 6) is 0. The van der Waals surface area contributed by atoms with Crippen molar-refractivity contribution in [3.8, 4) is 0 Å². The highest BCUT2D eigenvalue weighted by molar-refractivity contribution is 8.22. The van der Waals surface area contributed by atoms with Crippen LogP contribution < -0.4 is 0 Å². The highest BCUT2D eigenvalue weighted by atomic mass is 32.3. The quantitative estimate of drug-likeness (QED) is 0.559. The van der Waals surface area contributed by atoms with Crippen LogP contribution in [0.15, 0.2) is 0 Å². The monoisotopic (exact) mass is 225 g/mol. The second-order valence-electron chi connectivity index (χ2n) is 4.65. The molecule has 0 aliphatic heterocycles. The van der Waals surface area contributed by atoms with Gasteiger partial charge in [-0.1, -0.05) is 36.7 Å². The summed E-state index contributed by atoms with van der Waals surface area (Å²) < 4.78 is 2.42. The van der Waals surface area contributed by atoms with Crippen molar-refractivity contribution < 1.29 is 0 Å². The molecule has 0 aromatic heterocycles. The van der Waals surface area contributed by atoms with E-state index in [-0.39, 0.29) is 9.49 Å². The lowest BCUT2D eigenvalue weighted by Crippen LogP contribution is -2.17. The van der Waals surface area contributed by atoms with Crippen molar-refractivity contribution in [1.29, 1.82) is 0 Å². The van der Waals surface area contributed by atoms with Crippen LogP contribution in [0.25, 0.3) is 0 Å². The number of hydrogen-bond donors (Lipinski definition) is 1. The zero-order chi connectivity index (χ0) is 9.99. The fraction of sp³-hybridized carbons (Fsp3) is 1.00. The van der Waals surface area contributed by atoms with Crippen LogP contribution in [-0.4, -0.2) is 12.6 Å². The molecule has 0 aliphatic rings. The second kappa shape index (κ2) is 4.49. The van der Waals surface area contributed by atoms with Gasteiger partial charge in [-0.25, -0.2) is 0 Å². The summed E-state index contributed by atoms with van der Waals surface area (Å²) in [5, 5.41) is 0. The molecule has 0 aliphatic carbocycles. The molecule has 0 N–H and O–H groups in total. The van der Waals surface area contributed by atoms with Crippen LogP contribution in [-0.2, 0) is 0 Å². The van der Waals surface area contributed by atoms with Gasteiger partial charge in [-0.15, -0.1) is 3.12 Å². The lowest BCUT2D eigenvalue weighted by Gasteiger charge is -2.28. The van der Waals surface area contributed by atoms with Crippen LogP contribution in [0.5, 0.6) is 0 Å². The zero-order valence-corrected chi connectivity index (χ0v) is 11.2. The first-order valence-electron chi connectivity index (χ1n) is 3.97. The highest BCUT2D eigenvalue weighted by Crippen LogP contribution is 2.39. The third-order valence-electron chi connectivity index (χ3n) is 0.704. The maximum absolute atomic E-state index is 4.38. The average molecular weight is 225 g/mol. The summed E-state index contributed by atoms with van der Waals surface area (Å²) in [6, 6.07) is 0. The Labute approximate surface area is 90.9 Å². The molecular weight excluding hydrogens is 206 g/mol. The van der Waals surface area contributed by atoms with Gasteiger partial charge in [0.2, 0.25) is 0 Å². The molecule has 0 fully saturated rings. The van der Waals surface area contributed by atoms with E-state index < -0.39 is 0 Å². The third kappa shape index (κ3) is 9.10. The van der Waals surface area contributed by atoms with Crippen molar-refractivity contribution in [2.24, 2.45) is 0 Å². The summed E-state index contributed by atoms with van der Waals surface area (Å²) in [5.41, 5.74) is 0. The molecule has 0 heterocycles. The Morgan fingerprint density at radius 3 is 1.25 bits per heavy atom. The molecule has 0 rings (SSSR count). The second-order valence-corrected chi connectivity index (χ2v) is 9.36. The SMILES string of the molecule is CC(C)(C)SN(S)SC(C)(C)C. The first kappa shape index (κ1) is 13.0. The molecule has 74 valence electrons. The largest absolute Gasteiger partial charge is 0.140 e. The smallest absolute Gasteiger partial charge is 0.0240 e. The molecule has 0 bridgehead atoms. The number of rotatable bonds is 2. The van der Waals surface area contributed by atoms with Crippen LogP contribution in [0.2, 0.25) is 0 Å². The lowest BCUT2D eigenvalue weighted by molar-refractivity contribution is 0.778. The van der Waals surface area contributed by atoms with Crippen LogP contribution in [0.3, 0.4) is 0 Å². The third-order valence-corrected chi connectivity index (χ3v) is 3.05. The molecule has 1 nitrogen and oxygen atoms in total. The van der Waals surface area contributed by atoms with E-state index in [2.05, 4.69) is 54.4 Å². The van der Waals surface area contributed by atoms with Crippen LogP contribution >= 0.6 is 36.7 Å². The van der Waals surface area contributed by atoms with Gasteiger partial charge in [-0.3, -0.25) is 0 Å². The van der Waals surface area contributed by atoms with E-state index in [0.29, 0.717) is 0 Å². The first-order chi connectivity index (χ1) is 5.10. The summed E-state index contributed by atoms with van der Waals surface area (Å²) in [7, 11) is 0. The van der Waals surface area contributed by atoms with E-state index in [9.17, 15) is 0 Å². The van der Waals surface area contributed by atoms with Crippen LogP contribution in [0.4, 0.5) is 0 Å². The Bertz CT molecular complexity index is 118. The topological polar surface area (TPSA) is 3.24 Å². The van der Waals surface area contributed by atoms with Crippen molar-refractivity contribution in [3.63, 3.8) is 0 Å². The number of nitrogens with zero attached hydrogens (tertiary/aromatic N) is 1. The van der Waals surface area contributed by atoms with Gasteiger partial charge >= 0.3 is 0 Å². The molecule has 0 aromatic carbocycles. The molecule has 0 saturated carbocycles. The first-order valence-corrected chi connectivity index (χ1v) is 5.92. The number of hydrogen-bond acceptors (Lipinski definition) is 4. The Balaban J connectivity index is 3.83. The zero-order valence-electron chi connectivity index (χ0n) is 8.71. The molecule has 4 heteroatoms. The van der Waals surface area contributed by atoms with E-state index in [0.717, 1.165) is 0 Å². The molecule has 12 heavy (non-hydrogen) atoms. The molecule has 0 saturated heterocycles. The van der Waals surface area contributed by atoms with Gasteiger partial charge in [0, 0.05) is 9.49 Å². The van der Waals surface area contributed by atoms with E-state index in [4.69, 9.17) is 0 Å². The van der Waals surface area contributed by atoms with Gasteiger partial charge in [0.25, 0.3) is 0 Å². The fourth-order valence-corrected chi connectivity index (χ4v) is 4.38. The van der Waals surface area contributed by atoms with E-state index in [1.807, 2.05) is 3.12 Å². The lowest BCUT2D eigenvalue weighted by atomic mass is 10.3. The van der Waals surface area contributed by atoms with Gasteiger partial charge in [0.05, 0.1) is 0 Å². The van der Waals surface area contributed by atoms with Gasteiger partial charge in [0.1, 0.15) is 0 Å². The van der Waals surface area contributed by atoms with Crippen molar-refractivity contribution >= 4 is 36.7 Å².